The van der Waals surface area contributed by atoms with E-state index in [1.54, 1.807) is 31.2 Å². The monoisotopic (exact) mass is 382 g/mol. The summed E-state index contributed by atoms with van der Waals surface area (Å²) in [6.45, 7) is 1.61. The van der Waals surface area contributed by atoms with Crippen molar-refractivity contribution in [1.82, 2.24) is 4.31 Å². The summed E-state index contributed by atoms with van der Waals surface area (Å²) >= 11 is 5.88. The van der Waals surface area contributed by atoms with Crippen LogP contribution in [0.5, 0.6) is 5.75 Å². The Labute approximate surface area is 152 Å². The highest BCUT2D eigenvalue weighted by molar-refractivity contribution is 7.89. The van der Waals surface area contributed by atoms with Gasteiger partial charge in [0.1, 0.15) is 5.75 Å². The van der Waals surface area contributed by atoms with Crippen molar-refractivity contribution in [1.29, 1.82) is 0 Å². The highest BCUT2D eigenvalue weighted by Crippen LogP contribution is 2.20. The van der Waals surface area contributed by atoms with Gasteiger partial charge in [0.2, 0.25) is 10.0 Å². The molecule has 2 aromatic carbocycles. The number of hydrogen-bond donors (Lipinski definition) is 1. The fourth-order valence-corrected chi connectivity index (χ4v) is 3.04. The molecule has 0 aromatic heterocycles. The van der Waals surface area contributed by atoms with Crippen molar-refractivity contribution in [2.45, 2.75) is 17.9 Å². The first-order valence-electron chi connectivity index (χ1n) is 7.46. The second kappa shape index (κ2) is 7.86. The van der Waals surface area contributed by atoms with Crippen LogP contribution in [0.2, 0.25) is 5.02 Å². The molecule has 0 radical (unpaired) electrons. The van der Waals surface area contributed by atoms with Crippen molar-refractivity contribution in [2.75, 3.05) is 19.4 Å². The number of carbonyl (C=O) groups is 1. The van der Waals surface area contributed by atoms with Crippen LogP contribution < -0.4 is 10.1 Å². The Balaban J connectivity index is 2.03. The second-order valence-corrected chi connectivity index (χ2v) is 8.11. The van der Waals surface area contributed by atoms with Gasteiger partial charge in [0.15, 0.2) is 6.10 Å². The van der Waals surface area contributed by atoms with Crippen LogP contribution in [-0.2, 0) is 14.8 Å². The molecular formula is C17H19ClN2O4S. The molecule has 0 bridgehead atoms. The average molecular weight is 383 g/mol. The molecule has 134 valence electrons. The van der Waals surface area contributed by atoms with Crippen LogP contribution in [-0.4, -0.2) is 38.8 Å². The van der Waals surface area contributed by atoms with E-state index >= 15 is 0 Å². The summed E-state index contributed by atoms with van der Waals surface area (Å²) in [7, 11) is -0.583. The highest BCUT2D eigenvalue weighted by atomic mass is 35.5. The van der Waals surface area contributed by atoms with Gasteiger partial charge in [0.25, 0.3) is 5.91 Å². The zero-order valence-corrected chi connectivity index (χ0v) is 15.6. The molecule has 2 rings (SSSR count). The van der Waals surface area contributed by atoms with Crippen LogP contribution in [0.3, 0.4) is 0 Å². The number of sulfonamides is 1. The van der Waals surface area contributed by atoms with Crippen LogP contribution in [0.25, 0.3) is 0 Å². The van der Waals surface area contributed by atoms with E-state index in [1.165, 1.54) is 38.4 Å². The summed E-state index contributed by atoms with van der Waals surface area (Å²) in [5.74, 6) is 0.130. The van der Waals surface area contributed by atoms with Gasteiger partial charge in [-0.1, -0.05) is 17.7 Å². The van der Waals surface area contributed by atoms with Crippen LogP contribution >= 0.6 is 11.6 Å². The van der Waals surface area contributed by atoms with Gasteiger partial charge in [0.05, 0.1) is 4.90 Å². The van der Waals surface area contributed by atoms with E-state index in [4.69, 9.17) is 16.3 Å². The largest absolute Gasteiger partial charge is 0.481 e. The minimum absolute atomic E-state index is 0.152. The predicted octanol–water partition coefficient (Wildman–Crippen LogP) is 3.00. The maximum Gasteiger partial charge on any atom is 0.265 e. The Kier molecular flexibility index (Phi) is 6.05. The van der Waals surface area contributed by atoms with Gasteiger partial charge in [-0.3, -0.25) is 4.79 Å². The fourth-order valence-electron chi connectivity index (χ4n) is 1.96. The van der Waals surface area contributed by atoms with Gasteiger partial charge >= 0.3 is 0 Å². The van der Waals surface area contributed by atoms with Crippen LogP contribution in [0.4, 0.5) is 5.69 Å². The number of anilines is 1. The van der Waals surface area contributed by atoms with Crippen molar-refractivity contribution in [3.05, 3.63) is 53.6 Å². The van der Waals surface area contributed by atoms with Gasteiger partial charge < -0.3 is 10.1 Å². The van der Waals surface area contributed by atoms with Gasteiger partial charge in [0, 0.05) is 24.8 Å². The minimum Gasteiger partial charge on any atom is -0.481 e. The Hall–Kier alpha value is -2.09. The maximum atomic E-state index is 12.2. The van der Waals surface area contributed by atoms with Crippen LogP contribution in [0.15, 0.2) is 53.4 Å². The minimum atomic E-state index is -3.50. The smallest absolute Gasteiger partial charge is 0.265 e. The van der Waals surface area contributed by atoms with Gasteiger partial charge in [-0.2, -0.15) is 0 Å². The van der Waals surface area contributed by atoms with E-state index < -0.39 is 16.1 Å². The van der Waals surface area contributed by atoms with Gasteiger partial charge in [-0.25, -0.2) is 12.7 Å². The zero-order valence-electron chi connectivity index (χ0n) is 14.1. The fraction of sp³-hybridized carbons (Fsp3) is 0.235. The van der Waals surface area contributed by atoms with E-state index in [0.29, 0.717) is 16.5 Å². The Bertz CT molecular complexity index is 851. The van der Waals surface area contributed by atoms with Crippen LogP contribution in [0, 0.1) is 0 Å². The van der Waals surface area contributed by atoms with E-state index in [0.717, 1.165) is 4.31 Å². The molecule has 0 saturated carbocycles. The van der Waals surface area contributed by atoms with Crippen molar-refractivity contribution in [3.8, 4) is 5.75 Å². The summed E-state index contributed by atoms with van der Waals surface area (Å²) in [5, 5.41) is 3.20. The molecule has 8 heteroatoms. The Morgan fingerprint density at radius 3 is 2.36 bits per heavy atom. The first-order chi connectivity index (χ1) is 11.7. The summed E-state index contributed by atoms with van der Waals surface area (Å²) < 4.78 is 30.7. The molecule has 2 aromatic rings. The number of amides is 1. The molecule has 0 saturated heterocycles. The Morgan fingerprint density at radius 1 is 1.16 bits per heavy atom. The standard InChI is InChI=1S/C17H19ClN2O4S/c1-12(24-15-6-4-5-13(18)11-15)17(21)19-14-7-9-16(10-8-14)25(22,23)20(2)3/h4-12H,1-3H3,(H,19,21)/t12-/m0/s1. The average Bonchev–Trinajstić information content (AvgIpc) is 2.55. The highest BCUT2D eigenvalue weighted by Gasteiger charge is 2.18. The van der Waals surface area contributed by atoms with E-state index in [9.17, 15) is 13.2 Å². The molecule has 0 spiro atoms. The summed E-state index contributed by atoms with van der Waals surface area (Å²) in [5.41, 5.74) is 0.476. The number of nitrogens with zero attached hydrogens (tertiary/aromatic N) is 1. The molecule has 0 aliphatic rings. The number of hydrogen-bond acceptors (Lipinski definition) is 4. The maximum absolute atomic E-state index is 12.2. The number of ether oxygens (including phenoxy) is 1. The molecule has 1 N–H and O–H groups in total. The molecule has 0 unspecified atom stereocenters. The molecule has 0 aliphatic carbocycles. The van der Waals surface area contributed by atoms with Crippen molar-refractivity contribution < 1.29 is 17.9 Å². The lowest BCUT2D eigenvalue weighted by atomic mass is 10.3. The number of rotatable bonds is 6. The first-order valence-corrected chi connectivity index (χ1v) is 9.27. The zero-order chi connectivity index (χ0) is 18.6. The molecule has 1 amide bonds. The molecule has 0 fully saturated rings. The molecule has 0 aliphatic heterocycles. The quantitative estimate of drug-likeness (QED) is 0.833. The third-order valence-electron chi connectivity index (χ3n) is 3.38. The predicted molar refractivity (Wildman–Crippen MR) is 97.5 cm³/mol. The third kappa shape index (κ3) is 4.94. The molecule has 0 heterocycles. The summed E-state index contributed by atoms with van der Waals surface area (Å²) in [4.78, 5) is 12.3. The van der Waals surface area contributed by atoms with Crippen LogP contribution in [0.1, 0.15) is 6.92 Å². The molecule has 25 heavy (non-hydrogen) atoms. The van der Waals surface area contributed by atoms with E-state index in [-0.39, 0.29) is 10.8 Å². The lowest BCUT2D eigenvalue weighted by Gasteiger charge is -2.15. The summed E-state index contributed by atoms with van der Waals surface area (Å²) in [6.07, 6.45) is -0.747. The third-order valence-corrected chi connectivity index (χ3v) is 5.44. The second-order valence-electron chi connectivity index (χ2n) is 5.52. The molecule has 1 atom stereocenters. The first kappa shape index (κ1) is 19.2. The van der Waals surface area contributed by atoms with Crippen molar-refractivity contribution >= 4 is 33.2 Å². The normalized spacial score (nSPS) is 12.7. The topological polar surface area (TPSA) is 75.7 Å². The lowest BCUT2D eigenvalue weighted by molar-refractivity contribution is -0.122. The van der Waals surface area contributed by atoms with Gasteiger partial charge in [-0.15, -0.1) is 0 Å². The molecule has 6 nitrogen and oxygen atoms in total. The van der Waals surface area contributed by atoms with Crippen molar-refractivity contribution in [3.63, 3.8) is 0 Å². The van der Waals surface area contributed by atoms with Gasteiger partial charge in [-0.05, 0) is 49.4 Å². The number of halogens is 1. The Morgan fingerprint density at radius 2 is 1.80 bits per heavy atom. The SMILES string of the molecule is C[C@H](Oc1cccc(Cl)c1)C(=O)Nc1ccc(S(=O)(=O)N(C)C)cc1. The molecular weight excluding hydrogens is 364 g/mol. The lowest BCUT2D eigenvalue weighted by Crippen LogP contribution is -2.30. The van der Waals surface area contributed by atoms with Crippen molar-refractivity contribution in [2.24, 2.45) is 0 Å². The number of carbonyl (C=O) groups excluding carboxylic acids is 1. The number of nitrogens with one attached hydrogen (secondary N) is 1. The number of benzene rings is 2. The summed E-state index contributed by atoms with van der Waals surface area (Å²) in [6, 6.07) is 12.7. The van der Waals surface area contributed by atoms with E-state index in [1.807, 2.05) is 0 Å². The van der Waals surface area contributed by atoms with E-state index in [2.05, 4.69) is 5.32 Å².